The first kappa shape index (κ1) is 25.8. The topological polar surface area (TPSA) is 119 Å². The number of esters is 3. The van der Waals surface area contributed by atoms with Gasteiger partial charge in [0.2, 0.25) is 12.4 Å². The first-order valence-corrected chi connectivity index (χ1v) is 12.4. The molecule has 0 bridgehead atoms. The molecule has 1 fully saturated rings. The number of carbonyl (C=O) groups is 3. The minimum absolute atomic E-state index is 0.182. The lowest BCUT2D eigenvalue weighted by atomic mass is 10.1. The predicted molar refractivity (Wildman–Crippen MR) is 136 cm³/mol. The van der Waals surface area contributed by atoms with Gasteiger partial charge >= 0.3 is 17.9 Å². The highest BCUT2D eigenvalue weighted by molar-refractivity contribution is 5.91. The summed E-state index contributed by atoms with van der Waals surface area (Å²) in [7, 11) is 0. The van der Waals surface area contributed by atoms with Gasteiger partial charge in [0, 0.05) is 6.54 Å². The van der Waals surface area contributed by atoms with Crippen molar-refractivity contribution in [1.82, 2.24) is 14.8 Å². The summed E-state index contributed by atoms with van der Waals surface area (Å²) < 4.78 is 24.9. The van der Waals surface area contributed by atoms with Gasteiger partial charge in [-0.1, -0.05) is 54.6 Å². The van der Waals surface area contributed by atoms with Crippen LogP contribution in [0.15, 0.2) is 97.3 Å². The number of aromatic nitrogens is 3. The predicted octanol–water partition coefficient (Wildman–Crippen LogP) is 4.00. The molecule has 1 aromatic heterocycles. The highest BCUT2D eigenvalue weighted by Gasteiger charge is 2.54. The molecule has 0 N–H and O–H groups in total. The molecule has 39 heavy (non-hydrogen) atoms. The van der Waals surface area contributed by atoms with E-state index in [-0.39, 0.29) is 22.5 Å². The van der Waals surface area contributed by atoms with E-state index in [2.05, 4.69) is 10.1 Å². The second-order valence-corrected chi connectivity index (χ2v) is 8.63. The minimum Gasteiger partial charge on any atom is -0.451 e. The summed E-state index contributed by atoms with van der Waals surface area (Å²) in [4.78, 5) is 43.5. The van der Waals surface area contributed by atoms with Crippen LogP contribution in [0.5, 0.6) is 0 Å². The van der Waals surface area contributed by atoms with Crippen molar-refractivity contribution in [2.24, 2.45) is 0 Å². The summed E-state index contributed by atoms with van der Waals surface area (Å²) in [6.45, 7) is 2.42. The van der Waals surface area contributed by atoms with Crippen molar-refractivity contribution in [1.29, 1.82) is 0 Å². The maximum atomic E-state index is 13.1. The lowest BCUT2D eigenvalue weighted by Gasteiger charge is -2.23. The molecule has 1 saturated heterocycles. The summed E-state index contributed by atoms with van der Waals surface area (Å²) >= 11 is 0. The van der Waals surface area contributed by atoms with Gasteiger partial charge in [0.25, 0.3) is 0 Å². The van der Waals surface area contributed by atoms with E-state index in [4.69, 9.17) is 18.9 Å². The van der Waals surface area contributed by atoms with E-state index in [1.54, 1.807) is 95.7 Å². The molecule has 4 aromatic rings. The van der Waals surface area contributed by atoms with Crippen molar-refractivity contribution in [3.8, 4) is 0 Å². The zero-order valence-electron chi connectivity index (χ0n) is 21.0. The maximum Gasteiger partial charge on any atom is 0.340 e. The van der Waals surface area contributed by atoms with Crippen molar-refractivity contribution >= 4 is 17.9 Å². The average molecular weight is 528 g/mol. The van der Waals surface area contributed by atoms with Crippen LogP contribution in [-0.2, 0) is 25.5 Å². The van der Waals surface area contributed by atoms with E-state index >= 15 is 0 Å². The third-order valence-electron chi connectivity index (χ3n) is 6.04. The second kappa shape index (κ2) is 11.7. The lowest BCUT2D eigenvalue weighted by Crippen LogP contribution is -2.40. The third kappa shape index (κ3) is 5.86. The van der Waals surface area contributed by atoms with Gasteiger partial charge in [-0.2, -0.15) is 5.10 Å². The van der Waals surface area contributed by atoms with Gasteiger partial charge in [0.15, 0.2) is 18.0 Å². The molecule has 0 amide bonds. The van der Waals surface area contributed by atoms with Crippen molar-refractivity contribution in [2.75, 3.05) is 0 Å². The van der Waals surface area contributed by atoms with Crippen LogP contribution in [0.1, 0.15) is 49.9 Å². The van der Waals surface area contributed by atoms with Crippen LogP contribution in [0.25, 0.3) is 0 Å². The van der Waals surface area contributed by atoms with Gasteiger partial charge in [0.1, 0.15) is 6.33 Å². The summed E-state index contributed by atoms with van der Waals surface area (Å²) in [5.74, 6) is -1.91. The fraction of sp³-hybridized carbons (Fsp3) is 0.207. The Hall–Kier alpha value is -4.83. The molecule has 0 saturated carbocycles. The smallest absolute Gasteiger partial charge is 0.340 e. The Bertz CT molecular complexity index is 1430. The molecule has 1 aliphatic heterocycles. The number of ether oxygens (including phenoxy) is 4. The molecule has 10 nitrogen and oxygen atoms in total. The van der Waals surface area contributed by atoms with Crippen molar-refractivity contribution < 1.29 is 33.3 Å². The van der Waals surface area contributed by atoms with Crippen molar-refractivity contribution in [2.45, 2.75) is 38.1 Å². The Morgan fingerprint density at radius 1 is 0.718 bits per heavy atom. The average Bonchev–Trinajstić information content (AvgIpc) is 3.59. The van der Waals surface area contributed by atoms with Gasteiger partial charge in [-0.05, 0) is 43.3 Å². The van der Waals surface area contributed by atoms with E-state index < -0.39 is 42.5 Å². The molecule has 0 spiro atoms. The molecule has 2 heterocycles. The molecule has 0 unspecified atom stereocenters. The highest BCUT2D eigenvalue weighted by atomic mass is 16.7. The van der Waals surface area contributed by atoms with Crippen LogP contribution in [0.3, 0.4) is 0 Å². The van der Waals surface area contributed by atoms with Gasteiger partial charge in [-0.3, -0.25) is 4.68 Å². The van der Waals surface area contributed by atoms with Crippen LogP contribution < -0.4 is 0 Å². The van der Waals surface area contributed by atoms with Gasteiger partial charge in [-0.15, -0.1) is 0 Å². The van der Waals surface area contributed by atoms with Crippen LogP contribution in [0, 0.1) is 0 Å². The van der Waals surface area contributed by atoms with Gasteiger partial charge in [0.05, 0.1) is 16.7 Å². The summed E-state index contributed by atoms with van der Waals surface area (Å²) in [6, 6.07) is 24.9. The molecule has 198 valence electrons. The first-order valence-electron chi connectivity index (χ1n) is 12.4. The van der Waals surface area contributed by atoms with Crippen molar-refractivity contribution in [3.05, 3.63) is 120 Å². The Morgan fingerprint density at radius 3 is 1.64 bits per heavy atom. The quantitative estimate of drug-likeness (QED) is 0.247. The monoisotopic (exact) mass is 527 g/mol. The zero-order valence-corrected chi connectivity index (χ0v) is 21.0. The summed E-state index contributed by atoms with van der Waals surface area (Å²) in [5, 5.41) is 4.39. The largest absolute Gasteiger partial charge is 0.451 e. The molecule has 0 radical (unpaired) electrons. The standard InChI is InChI=1S/C29H25N3O7/c1-2-32-18-30-25(31-32)23-22(36-26(33)19-12-6-3-7-13-19)24(37-27(34)20-14-8-4-9-15-20)29(38-23)39-28(35)21-16-10-5-11-17-21/h3-18,22-24,29H,2H2,1H3/t22-,23+,24-,29-/m1/s1. The highest BCUT2D eigenvalue weighted by Crippen LogP contribution is 2.38. The summed E-state index contributed by atoms with van der Waals surface area (Å²) in [5.41, 5.74) is 0.806. The first-order chi connectivity index (χ1) is 19.0. The number of benzene rings is 3. The van der Waals surface area contributed by atoms with Crippen LogP contribution in [0.4, 0.5) is 0 Å². The fourth-order valence-electron chi connectivity index (χ4n) is 4.05. The summed E-state index contributed by atoms with van der Waals surface area (Å²) in [6.07, 6.45) is -3.56. The number of rotatable bonds is 8. The maximum absolute atomic E-state index is 13.1. The SMILES string of the molecule is CCn1cnc([C@H]2O[C@H](OC(=O)c3ccccc3)[C@H](OC(=O)c3ccccc3)[C@@H]2OC(=O)c2ccccc2)n1. The lowest BCUT2D eigenvalue weighted by molar-refractivity contribution is -0.138. The zero-order chi connectivity index (χ0) is 27.2. The van der Waals surface area contributed by atoms with E-state index in [0.717, 1.165) is 0 Å². The molecule has 0 aliphatic carbocycles. The number of hydrogen-bond acceptors (Lipinski definition) is 9. The fourth-order valence-corrected chi connectivity index (χ4v) is 4.05. The molecule has 5 rings (SSSR count). The number of nitrogens with zero attached hydrogens (tertiary/aromatic N) is 3. The van der Waals surface area contributed by atoms with Crippen LogP contribution in [0.2, 0.25) is 0 Å². The molecular weight excluding hydrogens is 502 g/mol. The van der Waals surface area contributed by atoms with E-state index in [0.29, 0.717) is 6.54 Å². The van der Waals surface area contributed by atoms with E-state index in [9.17, 15) is 14.4 Å². The molecule has 10 heteroatoms. The molecule has 4 atom stereocenters. The third-order valence-corrected chi connectivity index (χ3v) is 6.04. The van der Waals surface area contributed by atoms with Gasteiger partial charge < -0.3 is 18.9 Å². The Morgan fingerprint density at radius 2 is 1.18 bits per heavy atom. The van der Waals surface area contributed by atoms with E-state index in [1.165, 1.54) is 6.33 Å². The van der Waals surface area contributed by atoms with Gasteiger partial charge in [-0.25, -0.2) is 19.4 Å². The van der Waals surface area contributed by atoms with Crippen molar-refractivity contribution in [3.63, 3.8) is 0 Å². The number of carbonyl (C=O) groups excluding carboxylic acids is 3. The molecular formula is C29H25N3O7. The van der Waals surface area contributed by atoms with Crippen LogP contribution >= 0.6 is 0 Å². The second-order valence-electron chi connectivity index (χ2n) is 8.63. The normalized spacial score (nSPS) is 20.2. The Kier molecular flexibility index (Phi) is 7.74. The number of aryl methyl sites for hydroxylation is 1. The molecule has 3 aromatic carbocycles. The molecule has 1 aliphatic rings. The van der Waals surface area contributed by atoms with Crippen LogP contribution in [-0.4, -0.2) is 51.2 Å². The Labute approximate surface area is 224 Å². The number of hydrogen-bond donors (Lipinski definition) is 0. The van der Waals surface area contributed by atoms with E-state index in [1.807, 2.05) is 6.92 Å². The minimum atomic E-state index is -1.42. The Balaban J connectivity index is 1.50.